The van der Waals surface area contributed by atoms with E-state index < -0.39 is 0 Å². The van der Waals surface area contributed by atoms with Crippen LogP contribution in [0.25, 0.3) is 0 Å². The van der Waals surface area contributed by atoms with Gasteiger partial charge in [-0.2, -0.15) is 0 Å². The van der Waals surface area contributed by atoms with E-state index in [1.807, 2.05) is 29.2 Å². The second kappa shape index (κ2) is 14.1. The first-order valence-corrected chi connectivity index (χ1v) is 11.6. The highest BCUT2D eigenvalue weighted by Crippen LogP contribution is 2.22. The van der Waals surface area contributed by atoms with E-state index >= 15 is 0 Å². The van der Waals surface area contributed by atoms with Crippen molar-refractivity contribution in [3.8, 4) is 5.75 Å². The molecule has 0 bridgehead atoms. The molecule has 6 nitrogen and oxygen atoms in total. The zero-order chi connectivity index (χ0) is 22.8. The summed E-state index contributed by atoms with van der Waals surface area (Å²) in [7, 11) is 0. The van der Waals surface area contributed by atoms with Gasteiger partial charge < -0.3 is 20.3 Å². The molecule has 1 fully saturated rings. The molecule has 1 saturated heterocycles. The Kier molecular flexibility index (Phi) is 11.5. The number of amides is 1. The molecule has 1 amide bonds. The summed E-state index contributed by atoms with van der Waals surface area (Å²) in [5, 5.41) is 6.62. The van der Waals surface area contributed by atoms with Crippen molar-refractivity contribution < 1.29 is 9.53 Å². The van der Waals surface area contributed by atoms with Crippen molar-refractivity contribution in [2.45, 2.75) is 33.6 Å². The van der Waals surface area contributed by atoms with Crippen molar-refractivity contribution in [3.63, 3.8) is 0 Å². The minimum absolute atomic E-state index is 0. The van der Waals surface area contributed by atoms with Gasteiger partial charge in [-0.05, 0) is 43.9 Å². The number of carbonyl (C=O) groups is 1. The quantitative estimate of drug-likeness (QED) is 0.199. The van der Waals surface area contributed by atoms with Crippen LogP contribution in [-0.2, 0) is 11.2 Å². The van der Waals surface area contributed by atoms with Crippen molar-refractivity contribution in [1.82, 2.24) is 15.5 Å². The molecule has 2 aromatic carbocycles. The molecule has 0 spiro atoms. The van der Waals surface area contributed by atoms with Gasteiger partial charge in [-0.3, -0.25) is 9.79 Å². The minimum Gasteiger partial charge on any atom is -0.491 e. The highest BCUT2D eigenvalue weighted by atomic mass is 127. The number of benzene rings is 2. The van der Waals surface area contributed by atoms with Gasteiger partial charge in [0.15, 0.2) is 5.96 Å². The molecule has 1 atom stereocenters. The Morgan fingerprint density at radius 1 is 1.09 bits per heavy atom. The Hall–Kier alpha value is -2.29. The van der Waals surface area contributed by atoms with Crippen LogP contribution in [-0.4, -0.2) is 56.1 Å². The molecule has 1 aliphatic heterocycles. The predicted molar refractivity (Wildman–Crippen MR) is 146 cm³/mol. The van der Waals surface area contributed by atoms with Gasteiger partial charge in [-0.25, -0.2) is 0 Å². The van der Waals surface area contributed by atoms with Gasteiger partial charge in [0.1, 0.15) is 12.4 Å². The largest absolute Gasteiger partial charge is 0.491 e. The highest BCUT2D eigenvalue weighted by molar-refractivity contribution is 14.0. The standard InChI is InChI=1S/C26H36N4O2.HI/c1-4-27-26(28-14-16-32-25-20(2)9-8-10-21(25)3)29-18-23-17-24(31)30(19-23)15-13-22-11-6-5-7-12-22;/h5-12,23H,4,13-19H2,1-3H3,(H2,27,28,29);1H. The Morgan fingerprint density at radius 3 is 2.52 bits per heavy atom. The lowest BCUT2D eigenvalue weighted by Gasteiger charge is -2.17. The van der Waals surface area contributed by atoms with Gasteiger partial charge >= 0.3 is 0 Å². The number of likely N-dealkylation sites (tertiary alicyclic amines) is 1. The Bertz CT molecular complexity index is 884. The molecule has 0 radical (unpaired) electrons. The molecule has 33 heavy (non-hydrogen) atoms. The van der Waals surface area contributed by atoms with Crippen molar-refractivity contribution in [2.24, 2.45) is 10.9 Å². The van der Waals surface area contributed by atoms with Gasteiger partial charge in [0.25, 0.3) is 0 Å². The van der Waals surface area contributed by atoms with Crippen LogP contribution in [0, 0.1) is 19.8 Å². The minimum atomic E-state index is 0. The highest BCUT2D eigenvalue weighted by Gasteiger charge is 2.29. The topological polar surface area (TPSA) is 66.0 Å². The van der Waals surface area contributed by atoms with Gasteiger partial charge in [-0.15, -0.1) is 24.0 Å². The molecule has 2 N–H and O–H groups in total. The average Bonchev–Trinajstić information content (AvgIpc) is 3.15. The molecule has 7 heteroatoms. The molecule has 1 aliphatic rings. The van der Waals surface area contributed by atoms with Crippen molar-refractivity contribution in [3.05, 3.63) is 65.2 Å². The summed E-state index contributed by atoms with van der Waals surface area (Å²) in [4.78, 5) is 19.1. The zero-order valence-corrected chi connectivity index (χ0v) is 22.3. The second-order valence-corrected chi connectivity index (χ2v) is 8.36. The fraction of sp³-hybridized carbons (Fsp3) is 0.462. The van der Waals surface area contributed by atoms with Crippen LogP contribution in [0.1, 0.15) is 30.0 Å². The predicted octanol–water partition coefficient (Wildman–Crippen LogP) is 3.95. The molecule has 0 aromatic heterocycles. The summed E-state index contributed by atoms with van der Waals surface area (Å²) < 4.78 is 5.97. The van der Waals surface area contributed by atoms with Crippen LogP contribution in [0.5, 0.6) is 5.75 Å². The number of nitrogens with one attached hydrogen (secondary N) is 2. The summed E-state index contributed by atoms with van der Waals surface area (Å²) in [5.74, 6) is 2.23. The molecule has 3 rings (SSSR count). The normalized spacial score (nSPS) is 15.8. The molecule has 2 aromatic rings. The van der Waals surface area contributed by atoms with E-state index in [1.165, 1.54) is 5.56 Å². The number of aryl methyl sites for hydroxylation is 2. The number of carbonyl (C=O) groups excluding carboxylic acids is 1. The van der Waals surface area contributed by atoms with E-state index in [0.717, 1.165) is 48.9 Å². The Labute approximate surface area is 215 Å². The molecule has 1 unspecified atom stereocenters. The van der Waals surface area contributed by atoms with Crippen molar-refractivity contribution in [2.75, 3.05) is 39.3 Å². The third-order valence-electron chi connectivity index (χ3n) is 5.71. The van der Waals surface area contributed by atoms with Crippen LogP contribution < -0.4 is 15.4 Å². The van der Waals surface area contributed by atoms with Gasteiger partial charge in [-0.1, -0.05) is 48.5 Å². The molecule has 0 saturated carbocycles. The molecular weight excluding hydrogens is 527 g/mol. The number of rotatable bonds is 10. The van der Waals surface area contributed by atoms with Gasteiger partial charge in [0.05, 0.1) is 6.54 Å². The number of halogens is 1. The molecule has 1 heterocycles. The van der Waals surface area contributed by atoms with E-state index in [0.29, 0.717) is 26.1 Å². The van der Waals surface area contributed by atoms with E-state index in [4.69, 9.17) is 9.73 Å². The number of guanidine groups is 1. The van der Waals surface area contributed by atoms with Gasteiger partial charge in [0, 0.05) is 38.5 Å². The summed E-state index contributed by atoms with van der Waals surface area (Å²) in [6.45, 7) is 10.4. The van der Waals surface area contributed by atoms with Crippen LogP contribution in [0.3, 0.4) is 0 Å². The number of ether oxygens (including phenoxy) is 1. The first kappa shape index (κ1) is 27.0. The van der Waals surface area contributed by atoms with Gasteiger partial charge in [0.2, 0.25) is 5.91 Å². The summed E-state index contributed by atoms with van der Waals surface area (Å²) in [6.07, 6.45) is 1.47. The maximum atomic E-state index is 12.4. The van der Waals surface area contributed by atoms with Crippen molar-refractivity contribution >= 4 is 35.8 Å². The summed E-state index contributed by atoms with van der Waals surface area (Å²) in [5.41, 5.74) is 3.56. The van der Waals surface area contributed by atoms with E-state index in [2.05, 4.69) is 55.7 Å². The lowest BCUT2D eigenvalue weighted by Crippen LogP contribution is -2.39. The van der Waals surface area contributed by atoms with Crippen LogP contribution in [0.15, 0.2) is 53.5 Å². The first-order chi connectivity index (χ1) is 15.6. The van der Waals surface area contributed by atoms with Crippen LogP contribution in [0.4, 0.5) is 0 Å². The summed E-state index contributed by atoms with van der Waals surface area (Å²) >= 11 is 0. The summed E-state index contributed by atoms with van der Waals surface area (Å²) in [6, 6.07) is 16.5. The number of nitrogens with zero attached hydrogens (tertiary/aromatic N) is 2. The molecule has 0 aliphatic carbocycles. The fourth-order valence-electron chi connectivity index (χ4n) is 4.01. The number of aliphatic imine (C=N–C) groups is 1. The average molecular weight is 565 g/mol. The lowest BCUT2D eigenvalue weighted by atomic mass is 10.1. The number of para-hydroxylation sites is 1. The van der Waals surface area contributed by atoms with Crippen molar-refractivity contribution in [1.29, 1.82) is 0 Å². The monoisotopic (exact) mass is 564 g/mol. The maximum Gasteiger partial charge on any atom is 0.223 e. The zero-order valence-electron chi connectivity index (χ0n) is 20.0. The molecule has 180 valence electrons. The second-order valence-electron chi connectivity index (χ2n) is 8.36. The van der Waals surface area contributed by atoms with E-state index in [-0.39, 0.29) is 35.8 Å². The molecular formula is C26H37IN4O2. The van der Waals surface area contributed by atoms with Crippen LogP contribution >= 0.6 is 24.0 Å². The SMILES string of the molecule is CCNC(=NCC1CC(=O)N(CCc2ccccc2)C1)NCCOc1c(C)cccc1C.I. The van der Waals surface area contributed by atoms with E-state index in [1.54, 1.807) is 0 Å². The first-order valence-electron chi connectivity index (χ1n) is 11.6. The fourth-order valence-corrected chi connectivity index (χ4v) is 4.01. The Morgan fingerprint density at radius 2 is 1.82 bits per heavy atom. The smallest absolute Gasteiger partial charge is 0.223 e. The third-order valence-corrected chi connectivity index (χ3v) is 5.71. The lowest BCUT2D eigenvalue weighted by molar-refractivity contribution is -0.127. The number of hydrogen-bond donors (Lipinski definition) is 2. The Balaban J connectivity index is 0.00000385. The van der Waals surface area contributed by atoms with Crippen LogP contribution in [0.2, 0.25) is 0 Å². The number of hydrogen-bond acceptors (Lipinski definition) is 3. The maximum absolute atomic E-state index is 12.4. The third kappa shape index (κ3) is 8.53. The van der Waals surface area contributed by atoms with E-state index in [9.17, 15) is 4.79 Å².